The Morgan fingerprint density at radius 1 is 1.00 bits per heavy atom. The molecule has 2 rings (SSSR count). The molecule has 2 aromatic carbocycles. The molecule has 0 saturated carbocycles. The second-order valence-electron chi connectivity index (χ2n) is 2.67. The zero-order valence-corrected chi connectivity index (χ0v) is 8.90. The van der Waals surface area contributed by atoms with Crippen molar-refractivity contribution in [3.05, 3.63) is 42.5 Å². The molecule has 0 bridgehead atoms. The summed E-state index contributed by atoms with van der Waals surface area (Å²) in [5, 5.41) is 10.5. The minimum atomic E-state index is 0.612. The Morgan fingerprint density at radius 2 is 1.67 bits per heavy atom. The fourth-order valence-electron chi connectivity index (χ4n) is 1.33. The van der Waals surface area contributed by atoms with Gasteiger partial charge in [-0.2, -0.15) is 0 Å². The number of ether oxygens (including phenoxy) is 1. The molecule has 15 heavy (non-hydrogen) atoms. The van der Waals surface area contributed by atoms with Crippen molar-refractivity contribution in [1.29, 1.82) is 5.26 Å². The van der Waals surface area contributed by atoms with Crippen LogP contribution in [0.5, 0.6) is 5.75 Å². The van der Waals surface area contributed by atoms with Crippen LogP contribution in [-0.4, -0.2) is 0 Å². The molecular formula is C13H13NO. The van der Waals surface area contributed by atoms with Crippen LogP contribution in [0.4, 0.5) is 0 Å². The van der Waals surface area contributed by atoms with Gasteiger partial charge in [0.05, 0.1) is 0 Å². The van der Waals surface area contributed by atoms with Crippen molar-refractivity contribution >= 4 is 10.8 Å². The maximum absolute atomic E-state index is 8.41. The van der Waals surface area contributed by atoms with Crippen molar-refractivity contribution in [2.45, 2.75) is 13.8 Å². The second-order valence-corrected chi connectivity index (χ2v) is 2.67. The van der Waals surface area contributed by atoms with Crippen LogP contribution in [0.3, 0.4) is 0 Å². The van der Waals surface area contributed by atoms with E-state index in [-0.39, 0.29) is 0 Å². The average Bonchev–Trinajstić information content (AvgIpc) is 2.33. The van der Waals surface area contributed by atoms with E-state index >= 15 is 0 Å². The van der Waals surface area contributed by atoms with Crippen LogP contribution >= 0.6 is 0 Å². The van der Waals surface area contributed by atoms with Gasteiger partial charge in [-0.15, -0.1) is 5.26 Å². The smallest absolute Gasteiger partial charge is 0.292 e. The maximum atomic E-state index is 8.41. The van der Waals surface area contributed by atoms with Gasteiger partial charge in [0.1, 0.15) is 5.75 Å². The number of hydrogen-bond acceptors (Lipinski definition) is 2. The van der Waals surface area contributed by atoms with Crippen LogP contribution in [0.15, 0.2) is 42.5 Å². The largest absolute Gasteiger partial charge is 0.387 e. The summed E-state index contributed by atoms with van der Waals surface area (Å²) in [5.41, 5.74) is 0. The second kappa shape index (κ2) is 5.66. The van der Waals surface area contributed by atoms with E-state index in [1.807, 2.05) is 50.2 Å². The molecule has 2 aromatic rings. The zero-order chi connectivity index (χ0) is 11.1. The third-order valence-electron chi connectivity index (χ3n) is 1.91. The summed E-state index contributed by atoms with van der Waals surface area (Å²) in [4.78, 5) is 0. The Morgan fingerprint density at radius 3 is 2.40 bits per heavy atom. The molecule has 0 aliphatic rings. The molecule has 0 fully saturated rings. The predicted octanol–water partition coefficient (Wildman–Crippen LogP) is 3.73. The summed E-state index contributed by atoms with van der Waals surface area (Å²) >= 11 is 0. The van der Waals surface area contributed by atoms with Crippen LogP contribution in [0.1, 0.15) is 13.8 Å². The first-order valence-electron chi connectivity index (χ1n) is 4.95. The van der Waals surface area contributed by atoms with Gasteiger partial charge in [-0.3, -0.25) is 0 Å². The SMILES string of the molecule is CC.N#COc1cccc2ccccc12. The van der Waals surface area contributed by atoms with Gasteiger partial charge in [-0.05, 0) is 11.5 Å². The summed E-state index contributed by atoms with van der Waals surface area (Å²) < 4.78 is 4.82. The van der Waals surface area contributed by atoms with Crippen LogP contribution in [-0.2, 0) is 0 Å². The predicted molar refractivity (Wildman–Crippen MR) is 61.5 cm³/mol. The van der Waals surface area contributed by atoms with E-state index < -0.39 is 0 Å². The van der Waals surface area contributed by atoms with Gasteiger partial charge >= 0.3 is 0 Å². The third kappa shape index (κ3) is 2.47. The highest BCUT2D eigenvalue weighted by Crippen LogP contribution is 2.24. The van der Waals surface area contributed by atoms with Crippen LogP contribution in [0.2, 0.25) is 0 Å². The maximum Gasteiger partial charge on any atom is 0.292 e. The quantitative estimate of drug-likeness (QED) is 0.655. The number of fused-ring (bicyclic) bond motifs is 1. The summed E-state index contributed by atoms with van der Waals surface area (Å²) in [6.45, 7) is 4.00. The van der Waals surface area contributed by atoms with E-state index in [0.29, 0.717) is 5.75 Å². The molecule has 76 valence electrons. The molecule has 0 unspecified atom stereocenters. The van der Waals surface area contributed by atoms with E-state index in [4.69, 9.17) is 10.00 Å². The lowest BCUT2D eigenvalue weighted by molar-refractivity contribution is 0.513. The van der Waals surface area contributed by atoms with E-state index in [9.17, 15) is 0 Å². The molecule has 2 nitrogen and oxygen atoms in total. The number of hydrogen-bond donors (Lipinski definition) is 0. The Balaban J connectivity index is 0.000000531. The topological polar surface area (TPSA) is 33.0 Å². The molecule has 0 aliphatic carbocycles. The molecule has 0 atom stereocenters. The van der Waals surface area contributed by atoms with Crippen molar-refractivity contribution in [2.75, 3.05) is 0 Å². The summed E-state index contributed by atoms with van der Waals surface area (Å²) in [5.74, 6) is 0.612. The first kappa shape index (κ1) is 11.1. The van der Waals surface area contributed by atoms with Crippen LogP contribution < -0.4 is 4.74 Å². The van der Waals surface area contributed by atoms with Crippen molar-refractivity contribution in [3.8, 4) is 12.0 Å². The van der Waals surface area contributed by atoms with Gasteiger partial charge in [0.2, 0.25) is 0 Å². The van der Waals surface area contributed by atoms with Gasteiger partial charge in [-0.1, -0.05) is 50.2 Å². The molecule has 0 amide bonds. The summed E-state index contributed by atoms with van der Waals surface area (Å²) in [6, 6.07) is 13.4. The average molecular weight is 199 g/mol. The van der Waals surface area contributed by atoms with Crippen LogP contribution in [0, 0.1) is 11.5 Å². The molecule has 0 saturated heterocycles. The minimum Gasteiger partial charge on any atom is -0.387 e. The van der Waals surface area contributed by atoms with Crippen molar-refractivity contribution in [1.82, 2.24) is 0 Å². The third-order valence-corrected chi connectivity index (χ3v) is 1.91. The number of benzene rings is 2. The molecule has 0 aromatic heterocycles. The van der Waals surface area contributed by atoms with Gasteiger partial charge in [0.15, 0.2) is 0 Å². The zero-order valence-electron chi connectivity index (χ0n) is 8.90. The molecule has 0 heterocycles. The lowest BCUT2D eigenvalue weighted by Crippen LogP contribution is -1.82. The highest BCUT2D eigenvalue weighted by Gasteiger charge is 1.99. The van der Waals surface area contributed by atoms with Crippen molar-refractivity contribution < 1.29 is 4.74 Å². The van der Waals surface area contributed by atoms with Crippen LogP contribution in [0.25, 0.3) is 10.8 Å². The summed E-state index contributed by atoms with van der Waals surface area (Å²) in [6.07, 6.45) is 1.68. The number of rotatable bonds is 1. The van der Waals surface area contributed by atoms with Gasteiger partial charge in [0.25, 0.3) is 6.26 Å². The normalized spacial score (nSPS) is 8.60. The lowest BCUT2D eigenvalue weighted by Gasteiger charge is -2.00. The molecule has 2 heteroatoms. The van der Waals surface area contributed by atoms with E-state index in [1.165, 1.54) is 0 Å². The Hall–Kier alpha value is -2.01. The van der Waals surface area contributed by atoms with Gasteiger partial charge < -0.3 is 4.74 Å². The first-order valence-corrected chi connectivity index (χ1v) is 4.95. The molecule has 0 N–H and O–H groups in total. The Labute approximate surface area is 89.7 Å². The molecule has 0 spiro atoms. The molecule has 0 radical (unpaired) electrons. The van der Waals surface area contributed by atoms with E-state index in [2.05, 4.69) is 0 Å². The highest BCUT2D eigenvalue weighted by molar-refractivity contribution is 5.88. The summed E-state index contributed by atoms with van der Waals surface area (Å²) in [7, 11) is 0. The monoisotopic (exact) mass is 199 g/mol. The molecule has 0 aliphatic heterocycles. The van der Waals surface area contributed by atoms with Crippen molar-refractivity contribution in [2.24, 2.45) is 0 Å². The lowest BCUT2D eigenvalue weighted by atomic mass is 10.1. The fourth-order valence-corrected chi connectivity index (χ4v) is 1.33. The first-order chi connectivity index (χ1) is 7.42. The highest BCUT2D eigenvalue weighted by atomic mass is 16.5. The Bertz CT molecular complexity index is 466. The van der Waals surface area contributed by atoms with Gasteiger partial charge in [-0.25, -0.2) is 0 Å². The van der Waals surface area contributed by atoms with E-state index in [1.54, 1.807) is 12.3 Å². The molecular weight excluding hydrogens is 186 g/mol. The van der Waals surface area contributed by atoms with Gasteiger partial charge in [0, 0.05) is 5.39 Å². The Kier molecular flexibility index (Phi) is 4.18. The fraction of sp³-hybridized carbons (Fsp3) is 0.154. The number of nitriles is 1. The van der Waals surface area contributed by atoms with E-state index in [0.717, 1.165) is 10.8 Å². The number of nitrogens with zero attached hydrogens (tertiary/aromatic N) is 1. The van der Waals surface area contributed by atoms with Crippen molar-refractivity contribution in [3.63, 3.8) is 0 Å². The minimum absolute atomic E-state index is 0.612. The standard InChI is InChI=1S/C11H7NO.C2H6/c12-8-13-11-7-3-5-9-4-1-2-6-10(9)11;1-2/h1-7H;1-2H3.